The fraction of sp³-hybridized carbons (Fsp3) is 0.364. The summed E-state index contributed by atoms with van der Waals surface area (Å²) < 4.78 is 9.47. The van der Waals surface area contributed by atoms with Crippen molar-refractivity contribution in [3.8, 4) is 0 Å². The van der Waals surface area contributed by atoms with Crippen LogP contribution in [0.15, 0.2) is 49.1 Å². The lowest BCUT2D eigenvalue weighted by atomic mass is 10.2. The first-order chi connectivity index (χ1) is 15.2. The third-order valence-corrected chi connectivity index (χ3v) is 5.34. The molecule has 160 valence electrons. The summed E-state index contributed by atoms with van der Waals surface area (Å²) in [7, 11) is 0. The fourth-order valence-electron chi connectivity index (χ4n) is 3.70. The molecule has 1 saturated heterocycles. The molecule has 1 aromatic carbocycles. The van der Waals surface area contributed by atoms with Gasteiger partial charge in [0.15, 0.2) is 17.0 Å². The Bertz CT molecular complexity index is 1160. The largest absolute Gasteiger partial charge is 0.378 e. The molecule has 1 aliphatic heterocycles. The van der Waals surface area contributed by atoms with Crippen molar-refractivity contribution in [2.24, 2.45) is 0 Å². The van der Waals surface area contributed by atoms with Gasteiger partial charge in [-0.1, -0.05) is 30.3 Å². The van der Waals surface area contributed by atoms with Crippen molar-refractivity contribution < 1.29 is 4.74 Å². The highest BCUT2D eigenvalue weighted by molar-refractivity contribution is 5.86. The van der Waals surface area contributed by atoms with E-state index in [1.165, 1.54) is 5.56 Å². The first-order valence-electron chi connectivity index (χ1n) is 10.6. The standard InChI is InChI=1S/C22H26N8O/c1-16(2)30-15-23-19-20(26-22(27-21(19)30)28-8-10-31-11-9-28)25-18-12-24-29(14-18)13-17-6-4-3-5-7-17/h3-7,12,14-16H,8-11,13H2,1-2H3,(H,25,26,27). The van der Waals surface area contributed by atoms with Gasteiger partial charge in [0, 0.05) is 25.3 Å². The molecular formula is C22H26N8O. The highest BCUT2D eigenvalue weighted by Gasteiger charge is 2.20. The van der Waals surface area contributed by atoms with E-state index in [0.29, 0.717) is 31.5 Å². The lowest BCUT2D eigenvalue weighted by molar-refractivity contribution is 0.122. The fourth-order valence-corrected chi connectivity index (χ4v) is 3.70. The van der Waals surface area contributed by atoms with Gasteiger partial charge in [0.1, 0.15) is 0 Å². The van der Waals surface area contributed by atoms with Gasteiger partial charge in [-0.05, 0) is 19.4 Å². The number of rotatable bonds is 6. The highest BCUT2D eigenvalue weighted by atomic mass is 16.5. The number of morpholine rings is 1. The summed E-state index contributed by atoms with van der Waals surface area (Å²) >= 11 is 0. The van der Waals surface area contributed by atoms with Crippen LogP contribution in [-0.2, 0) is 11.3 Å². The van der Waals surface area contributed by atoms with E-state index in [0.717, 1.165) is 29.9 Å². The molecular weight excluding hydrogens is 392 g/mol. The molecule has 0 bridgehead atoms. The van der Waals surface area contributed by atoms with Crippen molar-refractivity contribution in [2.45, 2.75) is 26.4 Å². The molecule has 1 N–H and O–H groups in total. The van der Waals surface area contributed by atoms with Crippen LogP contribution in [0.2, 0.25) is 0 Å². The van der Waals surface area contributed by atoms with Crippen LogP contribution in [0.25, 0.3) is 11.2 Å². The second-order valence-corrected chi connectivity index (χ2v) is 7.93. The summed E-state index contributed by atoms with van der Waals surface area (Å²) in [4.78, 5) is 16.4. The Morgan fingerprint density at radius 3 is 2.68 bits per heavy atom. The van der Waals surface area contributed by atoms with Crippen LogP contribution < -0.4 is 10.2 Å². The van der Waals surface area contributed by atoms with Crippen molar-refractivity contribution in [1.29, 1.82) is 0 Å². The smallest absolute Gasteiger partial charge is 0.229 e. The topological polar surface area (TPSA) is 85.9 Å². The molecule has 4 aromatic rings. The van der Waals surface area contributed by atoms with Crippen LogP contribution in [0.5, 0.6) is 0 Å². The first kappa shape index (κ1) is 19.5. The van der Waals surface area contributed by atoms with E-state index in [2.05, 4.69) is 50.8 Å². The quantitative estimate of drug-likeness (QED) is 0.514. The summed E-state index contributed by atoms with van der Waals surface area (Å²) in [5, 5.41) is 7.91. The predicted octanol–water partition coefficient (Wildman–Crippen LogP) is 3.23. The van der Waals surface area contributed by atoms with E-state index in [1.54, 1.807) is 0 Å². The van der Waals surface area contributed by atoms with E-state index < -0.39 is 0 Å². The van der Waals surface area contributed by atoms with Gasteiger partial charge in [0.2, 0.25) is 5.95 Å². The maximum atomic E-state index is 5.49. The van der Waals surface area contributed by atoms with Crippen molar-refractivity contribution >= 4 is 28.6 Å². The molecule has 3 aromatic heterocycles. The lowest BCUT2D eigenvalue weighted by Crippen LogP contribution is -2.37. The SMILES string of the molecule is CC(C)n1cnc2c(Nc3cnn(Cc4ccccc4)c3)nc(N3CCOCC3)nc21. The van der Waals surface area contributed by atoms with E-state index in [9.17, 15) is 0 Å². The first-order valence-corrected chi connectivity index (χ1v) is 10.6. The van der Waals surface area contributed by atoms with Crippen LogP contribution in [0.3, 0.4) is 0 Å². The molecule has 1 aliphatic rings. The zero-order chi connectivity index (χ0) is 21.2. The van der Waals surface area contributed by atoms with Gasteiger partial charge in [-0.25, -0.2) is 4.98 Å². The Labute approximate surface area is 180 Å². The van der Waals surface area contributed by atoms with E-state index in [1.807, 2.05) is 41.6 Å². The van der Waals surface area contributed by atoms with E-state index in [4.69, 9.17) is 14.7 Å². The van der Waals surface area contributed by atoms with Crippen molar-refractivity contribution in [2.75, 3.05) is 36.5 Å². The molecule has 9 heteroatoms. The van der Waals surface area contributed by atoms with Crippen LogP contribution in [0.4, 0.5) is 17.5 Å². The van der Waals surface area contributed by atoms with Gasteiger partial charge in [-0.3, -0.25) is 4.68 Å². The molecule has 0 amide bonds. The molecule has 31 heavy (non-hydrogen) atoms. The predicted molar refractivity (Wildman–Crippen MR) is 120 cm³/mol. The number of aromatic nitrogens is 6. The van der Waals surface area contributed by atoms with Crippen LogP contribution >= 0.6 is 0 Å². The Hall–Kier alpha value is -3.46. The summed E-state index contributed by atoms with van der Waals surface area (Å²) in [6.07, 6.45) is 5.62. The summed E-state index contributed by atoms with van der Waals surface area (Å²) in [6, 6.07) is 10.5. The number of nitrogens with one attached hydrogen (secondary N) is 1. The zero-order valence-electron chi connectivity index (χ0n) is 17.8. The number of fused-ring (bicyclic) bond motifs is 1. The molecule has 0 radical (unpaired) electrons. The van der Waals surface area contributed by atoms with Gasteiger partial charge in [-0.15, -0.1) is 0 Å². The number of nitrogens with zero attached hydrogens (tertiary/aromatic N) is 7. The monoisotopic (exact) mass is 418 g/mol. The maximum Gasteiger partial charge on any atom is 0.229 e. The van der Waals surface area contributed by atoms with Crippen molar-refractivity contribution in [3.63, 3.8) is 0 Å². The number of hydrogen-bond donors (Lipinski definition) is 1. The third-order valence-electron chi connectivity index (χ3n) is 5.34. The Kier molecular flexibility index (Phi) is 5.25. The average Bonchev–Trinajstić information content (AvgIpc) is 3.42. The minimum absolute atomic E-state index is 0.249. The van der Waals surface area contributed by atoms with E-state index in [-0.39, 0.29) is 6.04 Å². The van der Waals surface area contributed by atoms with Gasteiger partial charge in [0.05, 0.1) is 38.0 Å². The van der Waals surface area contributed by atoms with Crippen molar-refractivity contribution in [3.05, 3.63) is 54.6 Å². The number of benzene rings is 1. The summed E-state index contributed by atoms with van der Waals surface area (Å²) in [5.41, 5.74) is 3.64. The third kappa shape index (κ3) is 4.09. The van der Waals surface area contributed by atoms with Crippen molar-refractivity contribution in [1.82, 2.24) is 29.3 Å². The number of hydrogen-bond acceptors (Lipinski definition) is 7. The van der Waals surface area contributed by atoms with Crippen LogP contribution in [0, 0.1) is 0 Å². The summed E-state index contributed by atoms with van der Waals surface area (Å²) in [5.74, 6) is 1.38. The minimum Gasteiger partial charge on any atom is -0.378 e. The van der Waals surface area contributed by atoms with Gasteiger partial charge < -0.3 is 19.5 Å². The lowest BCUT2D eigenvalue weighted by Gasteiger charge is -2.27. The van der Waals surface area contributed by atoms with Gasteiger partial charge >= 0.3 is 0 Å². The van der Waals surface area contributed by atoms with Crippen LogP contribution in [0.1, 0.15) is 25.5 Å². The van der Waals surface area contributed by atoms with Crippen LogP contribution in [-0.4, -0.2) is 55.6 Å². The zero-order valence-corrected chi connectivity index (χ0v) is 17.8. The average molecular weight is 419 g/mol. The molecule has 9 nitrogen and oxygen atoms in total. The molecule has 4 heterocycles. The minimum atomic E-state index is 0.249. The Morgan fingerprint density at radius 2 is 1.90 bits per heavy atom. The molecule has 0 spiro atoms. The van der Waals surface area contributed by atoms with E-state index >= 15 is 0 Å². The molecule has 0 saturated carbocycles. The second-order valence-electron chi connectivity index (χ2n) is 7.93. The number of ether oxygens (including phenoxy) is 1. The number of anilines is 3. The normalized spacial score (nSPS) is 14.5. The van der Waals surface area contributed by atoms with Gasteiger partial charge in [0.25, 0.3) is 0 Å². The number of imidazole rings is 1. The second kappa shape index (κ2) is 8.35. The molecule has 5 rings (SSSR count). The molecule has 0 unspecified atom stereocenters. The molecule has 0 atom stereocenters. The summed E-state index contributed by atoms with van der Waals surface area (Å²) in [6.45, 7) is 7.87. The molecule has 0 aliphatic carbocycles. The maximum absolute atomic E-state index is 5.49. The highest BCUT2D eigenvalue weighted by Crippen LogP contribution is 2.27. The van der Waals surface area contributed by atoms with Gasteiger partial charge in [-0.2, -0.15) is 15.1 Å². The Morgan fingerprint density at radius 1 is 1.10 bits per heavy atom. The Balaban J connectivity index is 1.47. The molecule has 1 fully saturated rings.